The Morgan fingerprint density at radius 3 is 1.16 bits per heavy atom. The van der Waals surface area contributed by atoms with E-state index < -0.39 is 267 Å². The second kappa shape index (κ2) is 23.7. The zero-order valence-corrected chi connectivity index (χ0v) is 49.2. The third-order valence-corrected chi connectivity index (χ3v) is 16.6. The van der Waals surface area contributed by atoms with Gasteiger partial charge in [0, 0.05) is 61.5 Å². The highest BCUT2D eigenvalue weighted by Crippen LogP contribution is 2.54. The van der Waals surface area contributed by atoms with Crippen molar-refractivity contribution < 1.29 is 49.3 Å². The van der Waals surface area contributed by atoms with Gasteiger partial charge in [-0.25, -0.2) is 0 Å². The van der Waals surface area contributed by atoms with Crippen LogP contribution in [0.1, 0.15) is 106 Å². The lowest BCUT2D eigenvalue weighted by Gasteiger charge is -2.46. The van der Waals surface area contributed by atoms with Gasteiger partial charge < -0.3 is 14.4 Å². The molecule has 0 saturated carbocycles. The van der Waals surface area contributed by atoms with Crippen molar-refractivity contribution in [3.63, 3.8) is 0 Å². The van der Waals surface area contributed by atoms with Crippen LogP contribution in [-0.4, -0.2) is 11.3 Å². The SMILES string of the molecule is [2H]c1c([2H])c([2H])c(-c2cc(-c3c([2H])c([2H])c([2H])c([2H])c3[2H])c(N3c4ccccc4B4c5ccc(-n6c7c([2H])c([2H])c(CCCC)c([2H])c7c7c([2H])c(CCCC)c([2H])c([2H])c76)cc5N(c5c(-c6c([2H])c([2H])c([2H])c([2H])c6[2H])cc(-c6c([2H])c([2H])c([2H])c([2H])c6[2H])cc5-c5c([2H])c([2H])c([2H])c([2H])c5[2H])c5cc(C)cc3c54)c(-c3c([2H])c([2H])c([2H])c([2H])c3[2H])c2)c([2H])c1[2H]. The summed E-state index contributed by atoms with van der Waals surface area (Å²) in [6.45, 7) is 4.14. The van der Waals surface area contributed by atoms with Gasteiger partial charge in [-0.1, -0.05) is 244 Å². The number of hydrogen-bond donors (Lipinski definition) is 0. The summed E-state index contributed by atoms with van der Waals surface area (Å²) in [4.78, 5) is 2.95. The first-order chi connectivity index (χ1) is 59.9. The Morgan fingerprint density at radius 1 is 0.363 bits per heavy atom. The van der Waals surface area contributed by atoms with Crippen molar-refractivity contribution in [2.45, 2.75) is 59.3 Å². The summed E-state index contributed by atoms with van der Waals surface area (Å²) >= 11 is 0. The van der Waals surface area contributed by atoms with Crippen LogP contribution in [-0.2, 0) is 12.8 Å². The van der Waals surface area contributed by atoms with Gasteiger partial charge in [0.1, 0.15) is 0 Å². The van der Waals surface area contributed by atoms with E-state index in [0.29, 0.717) is 25.7 Å². The summed E-state index contributed by atoms with van der Waals surface area (Å²) in [5.74, 6) is 0. The van der Waals surface area contributed by atoms with Gasteiger partial charge in [0.2, 0.25) is 0 Å². The summed E-state index contributed by atoms with van der Waals surface area (Å²) in [6.07, 6.45) is 2.46. The summed E-state index contributed by atoms with van der Waals surface area (Å²) in [7, 11) is 0. The molecule has 0 atom stereocenters. The molecule has 13 aromatic carbocycles. The van der Waals surface area contributed by atoms with Gasteiger partial charge in [0.25, 0.3) is 6.71 Å². The molecule has 3 nitrogen and oxygen atoms in total. The van der Waals surface area contributed by atoms with Crippen molar-refractivity contribution in [1.82, 2.24) is 4.57 Å². The lowest BCUT2D eigenvalue weighted by Crippen LogP contribution is -2.61. The third kappa shape index (κ3) is 9.86. The van der Waals surface area contributed by atoms with Crippen molar-refractivity contribution in [1.29, 1.82) is 0 Å². The van der Waals surface area contributed by atoms with Crippen LogP contribution in [0.3, 0.4) is 0 Å². The number of aromatic nitrogens is 1. The quantitative estimate of drug-likeness (QED) is 0.0948. The molecule has 0 bridgehead atoms. The molecule has 2 aliphatic heterocycles. The van der Waals surface area contributed by atoms with E-state index in [1.54, 1.807) is 55.5 Å². The minimum Gasteiger partial charge on any atom is -0.310 e. The average molecular weight is 1200 g/mol. The summed E-state index contributed by atoms with van der Waals surface area (Å²) in [5.41, 5.74) is -6.87. The summed E-state index contributed by atoms with van der Waals surface area (Å²) in [6, 6.07) is -10.3. The predicted octanol–water partition coefficient (Wildman–Crippen LogP) is 21.9. The number of fused-ring (bicyclic) bond motifs is 7. The standard InChI is InChI=1S/C87H70BN3/c1-4-6-28-60-44-48-79-75(52-60)76-53-61(29-7-5-2)45-49-80(76)89(79)70-46-47-78-82(58-70)91(87-73(66-38-22-12-23-39-66)56-69(63-32-16-9-17-33-63)57-74(87)67-40-24-13-25-41-67)84-51-59(3)50-83-85(84)88(78)77-42-26-27-43-81(77)90(83)86-71(64-34-18-10-19-35-64)54-68(62-30-14-8-15-31-62)55-72(86)65-36-20-11-21-37-65/h8-27,30-58H,4-7,28-29H2,1-3H3/i8D,9D,10D,11D,12D,13D,14D,15D,16D,17D,18D,19D,20D,21D,22D,23D,24D,25D,30D,31D,32D,33D,34D,35D,36D,37D,38D,39D,40D,41D,44D,45D,48D,49D,52D,53D. The molecular weight excluding hydrogens is 1100 g/mol. The Kier molecular flexibility index (Phi) is 7.63. The molecule has 1 aromatic heterocycles. The highest BCUT2D eigenvalue weighted by molar-refractivity contribution is 7.00. The topological polar surface area (TPSA) is 11.4 Å². The van der Waals surface area contributed by atoms with Crippen LogP contribution in [0.4, 0.5) is 34.1 Å². The lowest BCUT2D eigenvalue weighted by atomic mass is 9.33. The zero-order valence-electron chi connectivity index (χ0n) is 85.2. The van der Waals surface area contributed by atoms with Crippen molar-refractivity contribution in [2.24, 2.45) is 0 Å². The van der Waals surface area contributed by atoms with Crippen LogP contribution >= 0.6 is 0 Å². The maximum atomic E-state index is 10.2. The monoisotopic (exact) mass is 1200 g/mol. The van der Waals surface area contributed by atoms with Crippen LogP contribution in [0.15, 0.2) is 296 Å². The van der Waals surface area contributed by atoms with Gasteiger partial charge in [-0.05, 0) is 189 Å². The number of benzene rings is 13. The third-order valence-electron chi connectivity index (χ3n) is 16.6. The Hall–Kier alpha value is -10.7. The normalized spacial score (nSPS) is 17.9. The van der Waals surface area contributed by atoms with Crippen LogP contribution in [0.25, 0.3) is 94.3 Å². The molecule has 0 radical (unpaired) electrons. The van der Waals surface area contributed by atoms with Crippen molar-refractivity contribution >= 4 is 79.0 Å². The maximum Gasteiger partial charge on any atom is 0.252 e. The highest BCUT2D eigenvalue weighted by atomic mass is 15.2. The second-order valence-corrected chi connectivity index (χ2v) is 22.2. The molecule has 91 heavy (non-hydrogen) atoms. The molecule has 4 heteroatoms. The molecule has 0 amide bonds. The maximum absolute atomic E-state index is 10.2. The van der Waals surface area contributed by atoms with Gasteiger partial charge >= 0.3 is 0 Å². The molecule has 0 spiro atoms. The smallest absolute Gasteiger partial charge is 0.252 e. The summed E-state index contributed by atoms with van der Waals surface area (Å²) < 4.78 is 344. The van der Waals surface area contributed by atoms with Crippen LogP contribution in [0.5, 0.6) is 0 Å². The molecule has 16 rings (SSSR count). The van der Waals surface area contributed by atoms with Gasteiger partial charge in [-0.15, -0.1) is 0 Å². The van der Waals surface area contributed by atoms with Gasteiger partial charge in [-0.3, -0.25) is 0 Å². The fourth-order valence-electron chi connectivity index (χ4n) is 12.7. The van der Waals surface area contributed by atoms with Crippen molar-refractivity contribution in [3.8, 4) is 72.4 Å². The molecule has 0 fully saturated rings. The van der Waals surface area contributed by atoms with E-state index in [1.807, 2.05) is 13.8 Å². The minimum absolute atomic E-state index is 0.0117. The average Bonchev–Trinajstić information content (AvgIpc) is 1.25. The fraction of sp³-hybridized carbons (Fsp3) is 0.103. The van der Waals surface area contributed by atoms with Gasteiger partial charge in [0.15, 0.2) is 0 Å². The van der Waals surface area contributed by atoms with E-state index in [0.717, 1.165) is 12.1 Å². The number of rotatable bonds is 15. The molecule has 0 aliphatic carbocycles. The Labute approximate surface area is 586 Å². The highest BCUT2D eigenvalue weighted by Gasteiger charge is 2.45. The molecule has 3 heterocycles. The number of aryl methyl sites for hydroxylation is 1. The number of anilines is 6. The first-order valence-corrected chi connectivity index (χ1v) is 29.8. The Balaban J connectivity index is 1.18. The number of unbranched alkanes of at least 4 members (excludes halogenated alkanes) is 2. The number of hydrogen-bond acceptors (Lipinski definition) is 2. The zero-order chi connectivity index (χ0) is 92.3. The van der Waals surface area contributed by atoms with Crippen LogP contribution < -0.4 is 26.2 Å². The van der Waals surface area contributed by atoms with Gasteiger partial charge in [-0.2, -0.15) is 0 Å². The summed E-state index contributed by atoms with van der Waals surface area (Å²) in [5, 5.41) is -0.0235. The van der Waals surface area contributed by atoms with Gasteiger partial charge in [0.05, 0.1) is 71.8 Å². The molecule has 0 unspecified atom stereocenters. The van der Waals surface area contributed by atoms with Crippen molar-refractivity contribution in [3.05, 3.63) is 313 Å². The van der Waals surface area contributed by atoms with E-state index in [-0.39, 0.29) is 132 Å². The largest absolute Gasteiger partial charge is 0.310 e. The van der Waals surface area contributed by atoms with Crippen LogP contribution in [0.2, 0.25) is 0 Å². The van der Waals surface area contributed by atoms with E-state index in [1.165, 1.54) is 32.6 Å². The van der Waals surface area contributed by atoms with Crippen molar-refractivity contribution in [2.75, 3.05) is 9.80 Å². The first kappa shape index (κ1) is 29.3. The lowest BCUT2D eigenvalue weighted by molar-refractivity contribution is 0.795. The molecular formula is C87H70BN3. The minimum atomic E-state index is -1.27. The van der Waals surface area contributed by atoms with E-state index in [9.17, 15) is 35.6 Å². The Bertz CT molecular complexity index is 6870. The van der Waals surface area contributed by atoms with E-state index in [2.05, 4.69) is 0 Å². The number of para-hydroxylation sites is 1. The van der Waals surface area contributed by atoms with E-state index >= 15 is 0 Å². The molecule has 14 aromatic rings. The number of nitrogens with zero attached hydrogens (tertiary/aromatic N) is 3. The Morgan fingerprint density at radius 2 is 0.747 bits per heavy atom. The predicted molar refractivity (Wildman–Crippen MR) is 389 cm³/mol. The molecule has 436 valence electrons. The molecule has 0 saturated heterocycles. The van der Waals surface area contributed by atoms with E-state index in [4.69, 9.17) is 13.7 Å². The molecule has 2 aliphatic rings. The molecule has 0 N–H and O–H groups in total. The fourth-order valence-corrected chi connectivity index (χ4v) is 12.7. The second-order valence-electron chi connectivity index (χ2n) is 22.2. The van der Waals surface area contributed by atoms with Crippen LogP contribution in [0, 0.1) is 6.92 Å². The first-order valence-electron chi connectivity index (χ1n) is 47.8.